The van der Waals surface area contributed by atoms with Gasteiger partial charge in [-0.1, -0.05) is 12.1 Å². The van der Waals surface area contributed by atoms with Crippen molar-refractivity contribution in [3.8, 4) is 5.75 Å². The van der Waals surface area contributed by atoms with Crippen LogP contribution in [0.5, 0.6) is 5.75 Å². The number of hydrogen-bond donors (Lipinski definition) is 1. The average molecular weight is 311 g/mol. The van der Waals surface area contributed by atoms with Crippen molar-refractivity contribution in [1.82, 2.24) is 9.97 Å². The van der Waals surface area contributed by atoms with E-state index >= 15 is 0 Å². The van der Waals surface area contributed by atoms with Crippen molar-refractivity contribution >= 4 is 11.6 Å². The molecule has 0 radical (unpaired) electrons. The fourth-order valence-electron chi connectivity index (χ4n) is 1.55. The lowest BCUT2D eigenvalue weighted by atomic mass is 10.2. The minimum Gasteiger partial charge on any atom is -0.482 e. The molecule has 0 spiro atoms. The van der Waals surface area contributed by atoms with E-state index in [1.54, 1.807) is 13.0 Å². The predicted molar refractivity (Wildman–Crippen MR) is 72.7 cm³/mol. The smallest absolute Gasteiger partial charge is 0.422 e. The van der Waals surface area contributed by atoms with E-state index in [4.69, 9.17) is 0 Å². The standard InChI is InChI=1S/C14H12F3N3O2/c1-9-6-19-11(7-18-9)13(21)20-10-4-2-3-5-12(10)22-8-14(15,16)17/h2-7H,8H2,1H3,(H,20,21). The molecule has 8 heteroatoms. The van der Waals surface area contributed by atoms with Crippen molar-refractivity contribution in [2.75, 3.05) is 11.9 Å². The summed E-state index contributed by atoms with van der Waals surface area (Å²) in [6.45, 7) is 0.277. The number of benzene rings is 1. The summed E-state index contributed by atoms with van der Waals surface area (Å²) >= 11 is 0. The topological polar surface area (TPSA) is 64.1 Å². The van der Waals surface area contributed by atoms with Crippen molar-refractivity contribution < 1.29 is 22.7 Å². The second-order valence-electron chi connectivity index (χ2n) is 4.40. The Morgan fingerprint density at radius 1 is 1.23 bits per heavy atom. The number of halogens is 3. The Balaban J connectivity index is 2.12. The number of nitrogens with one attached hydrogen (secondary N) is 1. The monoisotopic (exact) mass is 311 g/mol. The van der Waals surface area contributed by atoms with E-state index < -0.39 is 18.7 Å². The Bertz CT molecular complexity index is 657. The SMILES string of the molecule is Cc1cnc(C(=O)Nc2ccccc2OCC(F)(F)F)cn1. The van der Waals surface area contributed by atoms with Crippen LogP contribution in [-0.4, -0.2) is 28.7 Å². The number of aryl methyl sites for hydroxylation is 1. The van der Waals surface area contributed by atoms with Crippen LogP contribution in [-0.2, 0) is 0 Å². The molecule has 0 aliphatic carbocycles. The van der Waals surface area contributed by atoms with E-state index in [9.17, 15) is 18.0 Å². The second kappa shape index (κ2) is 6.42. The lowest BCUT2D eigenvalue weighted by Crippen LogP contribution is -2.20. The number of amides is 1. The van der Waals surface area contributed by atoms with E-state index in [2.05, 4.69) is 20.0 Å². The second-order valence-corrected chi connectivity index (χ2v) is 4.40. The molecule has 1 N–H and O–H groups in total. The highest BCUT2D eigenvalue weighted by Gasteiger charge is 2.28. The normalized spacial score (nSPS) is 11.1. The minimum absolute atomic E-state index is 0.0521. The molecule has 0 aliphatic rings. The van der Waals surface area contributed by atoms with Gasteiger partial charge in [-0.25, -0.2) is 4.98 Å². The maximum atomic E-state index is 12.2. The van der Waals surface area contributed by atoms with Crippen LogP contribution in [0.3, 0.4) is 0 Å². The number of carbonyl (C=O) groups excluding carboxylic acids is 1. The molecule has 1 amide bonds. The lowest BCUT2D eigenvalue weighted by Gasteiger charge is -2.13. The van der Waals surface area contributed by atoms with Crippen molar-refractivity contribution in [2.45, 2.75) is 13.1 Å². The summed E-state index contributed by atoms with van der Waals surface area (Å²) in [6, 6.07) is 5.84. The van der Waals surface area contributed by atoms with E-state index in [0.29, 0.717) is 5.69 Å². The van der Waals surface area contributed by atoms with Crippen molar-refractivity contribution in [2.24, 2.45) is 0 Å². The molecule has 0 fully saturated rings. The lowest BCUT2D eigenvalue weighted by molar-refractivity contribution is -0.153. The molecule has 0 saturated heterocycles. The van der Waals surface area contributed by atoms with Crippen LogP contribution in [0, 0.1) is 6.92 Å². The Morgan fingerprint density at radius 2 is 1.95 bits per heavy atom. The number of ether oxygens (including phenoxy) is 1. The van der Waals surface area contributed by atoms with Gasteiger partial charge in [0.1, 0.15) is 11.4 Å². The third-order valence-corrected chi connectivity index (χ3v) is 2.54. The van der Waals surface area contributed by atoms with Gasteiger partial charge >= 0.3 is 6.18 Å². The summed E-state index contributed by atoms with van der Waals surface area (Å²) < 4.78 is 41.3. The fourth-order valence-corrected chi connectivity index (χ4v) is 1.55. The van der Waals surface area contributed by atoms with Gasteiger partial charge in [0.15, 0.2) is 6.61 Å². The quantitative estimate of drug-likeness (QED) is 0.943. The highest BCUT2D eigenvalue weighted by atomic mass is 19.4. The maximum absolute atomic E-state index is 12.2. The van der Waals surface area contributed by atoms with E-state index in [-0.39, 0.29) is 17.1 Å². The first-order valence-electron chi connectivity index (χ1n) is 6.24. The van der Waals surface area contributed by atoms with E-state index in [0.717, 1.165) is 0 Å². The van der Waals surface area contributed by atoms with Gasteiger partial charge in [-0.2, -0.15) is 13.2 Å². The minimum atomic E-state index is -4.46. The van der Waals surface area contributed by atoms with E-state index in [1.165, 1.54) is 30.6 Å². The summed E-state index contributed by atoms with van der Waals surface area (Å²) in [5.41, 5.74) is 0.820. The average Bonchev–Trinajstić information content (AvgIpc) is 2.46. The summed E-state index contributed by atoms with van der Waals surface area (Å²) in [5, 5.41) is 2.45. The highest BCUT2D eigenvalue weighted by molar-refractivity contribution is 6.03. The van der Waals surface area contributed by atoms with Crippen LogP contribution in [0.2, 0.25) is 0 Å². The molecule has 116 valence electrons. The van der Waals surface area contributed by atoms with Crippen molar-refractivity contribution in [1.29, 1.82) is 0 Å². The first-order chi connectivity index (χ1) is 10.3. The summed E-state index contributed by atoms with van der Waals surface area (Å²) in [5.74, 6) is -0.663. The van der Waals surface area contributed by atoms with E-state index in [1.807, 2.05) is 0 Å². The first-order valence-corrected chi connectivity index (χ1v) is 6.24. The Hall–Kier alpha value is -2.64. The number of aromatic nitrogens is 2. The van der Waals surface area contributed by atoms with Gasteiger partial charge in [-0.3, -0.25) is 9.78 Å². The first kappa shape index (κ1) is 15.7. The summed E-state index contributed by atoms with van der Waals surface area (Å²) in [7, 11) is 0. The predicted octanol–water partition coefficient (Wildman–Crippen LogP) is 2.98. The molecule has 22 heavy (non-hydrogen) atoms. The van der Waals surface area contributed by atoms with Gasteiger partial charge in [0, 0.05) is 6.20 Å². The molecule has 0 saturated carbocycles. The van der Waals surface area contributed by atoms with Crippen LogP contribution in [0.4, 0.5) is 18.9 Å². The molecule has 2 rings (SSSR count). The zero-order chi connectivity index (χ0) is 16.2. The van der Waals surface area contributed by atoms with Crippen LogP contribution in [0.25, 0.3) is 0 Å². The molecular weight excluding hydrogens is 299 g/mol. The Kier molecular flexibility index (Phi) is 4.59. The zero-order valence-corrected chi connectivity index (χ0v) is 11.5. The third-order valence-electron chi connectivity index (χ3n) is 2.54. The van der Waals surface area contributed by atoms with Gasteiger partial charge in [0.05, 0.1) is 17.6 Å². The molecule has 1 heterocycles. The van der Waals surface area contributed by atoms with Crippen LogP contribution in [0.1, 0.15) is 16.2 Å². The molecule has 0 atom stereocenters. The Morgan fingerprint density at radius 3 is 2.59 bits per heavy atom. The van der Waals surface area contributed by atoms with Crippen LogP contribution >= 0.6 is 0 Å². The van der Waals surface area contributed by atoms with Crippen molar-refractivity contribution in [3.05, 3.63) is 48.0 Å². The van der Waals surface area contributed by atoms with Gasteiger partial charge < -0.3 is 10.1 Å². The molecule has 2 aromatic rings. The van der Waals surface area contributed by atoms with Crippen LogP contribution < -0.4 is 10.1 Å². The van der Waals surface area contributed by atoms with Gasteiger partial charge in [-0.05, 0) is 19.1 Å². The number of alkyl halides is 3. The number of hydrogen-bond acceptors (Lipinski definition) is 4. The number of carbonyl (C=O) groups is 1. The molecule has 1 aromatic heterocycles. The number of nitrogens with zero attached hydrogens (tertiary/aromatic N) is 2. The molecule has 0 bridgehead atoms. The fraction of sp³-hybridized carbons (Fsp3) is 0.214. The highest BCUT2D eigenvalue weighted by Crippen LogP contribution is 2.26. The van der Waals surface area contributed by atoms with Gasteiger partial charge in [0.2, 0.25) is 0 Å². The van der Waals surface area contributed by atoms with Crippen molar-refractivity contribution in [3.63, 3.8) is 0 Å². The zero-order valence-electron chi connectivity index (χ0n) is 11.5. The molecule has 5 nitrogen and oxygen atoms in total. The van der Waals surface area contributed by atoms with Crippen LogP contribution in [0.15, 0.2) is 36.7 Å². The van der Waals surface area contributed by atoms with Gasteiger partial charge in [-0.15, -0.1) is 0 Å². The molecule has 0 aliphatic heterocycles. The van der Waals surface area contributed by atoms with Gasteiger partial charge in [0.25, 0.3) is 5.91 Å². The molecular formula is C14H12F3N3O2. The number of anilines is 1. The maximum Gasteiger partial charge on any atom is 0.422 e. The third kappa shape index (κ3) is 4.44. The summed E-state index contributed by atoms with van der Waals surface area (Å²) in [6.07, 6.45) is -1.76. The molecule has 1 aromatic carbocycles. The largest absolute Gasteiger partial charge is 0.482 e. The number of para-hydroxylation sites is 2. The molecule has 0 unspecified atom stereocenters. The number of rotatable bonds is 4. The Labute approximate surface area is 124 Å². The summed E-state index contributed by atoms with van der Waals surface area (Å²) in [4.78, 5) is 19.8.